The second-order valence-corrected chi connectivity index (χ2v) is 13.4. The Morgan fingerprint density at radius 2 is 1.06 bits per heavy atom. The third kappa shape index (κ3) is 3.61. The predicted molar refractivity (Wildman–Crippen MR) is 198 cm³/mol. The number of nitrogens with zero attached hydrogens (tertiary/aromatic N) is 2. The van der Waals surface area contributed by atoms with Crippen molar-refractivity contribution in [2.24, 2.45) is 0 Å². The van der Waals surface area contributed by atoms with Gasteiger partial charge in [-0.15, -0.1) is 0 Å². The molecule has 2 heterocycles. The monoisotopic (exact) mass is 600 g/mol. The van der Waals surface area contributed by atoms with Gasteiger partial charge in [0, 0.05) is 38.3 Å². The lowest BCUT2D eigenvalue weighted by molar-refractivity contribution is 0.660. The molecule has 0 amide bonds. The van der Waals surface area contributed by atoms with Crippen molar-refractivity contribution < 1.29 is 0 Å². The van der Waals surface area contributed by atoms with Crippen LogP contribution in [-0.2, 0) is 5.41 Å². The van der Waals surface area contributed by atoms with E-state index in [9.17, 15) is 0 Å². The molecule has 47 heavy (non-hydrogen) atoms. The average molecular weight is 601 g/mol. The van der Waals surface area contributed by atoms with Crippen LogP contribution in [0.4, 0.5) is 0 Å². The zero-order chi connectivity index (χ0) is 31.3. The van der Waals surface area contributed by atoms with E-state index in [4.69, 9.17) is 0 Å². The topological polar surface area (TPSA) is 9.86 Å². The van der Waals surface area contributed by atoms with Gasteiger partial charge in [-0.05, 0) is 81.9 Å². The van der Waals surface area contributed by atoms with Gasteiger partial charge in [0.15, 0.2) is 0 Å². The first kappa shape index (κ1) is 26.4. The third-order valence-electron chi connectivity index (χ3n) is 10.5. The van der Waals surface area contributed by atoms with Gasteiger partial charge < -0.3 is 9.13 Å². The molecule has 9 aromatic rings. The Labute approximate surface area is 273 Å². The minimum absolute atomic E-state index is 0.00281. The smallest absolute Gasteiger partial charge is 0.0641 e. The third-order valence-corrected chi connectivity index (χ3v) is 10.5. The lowest BCUT2D eigenvalue weighted by atomic mass is 9.82. The zero-order valence-electron chi connectivity index (χ0n) is 26.4. The van der Waals surface area contributed by atoms with E-state index >= 15 is 0 Å². The van der Waals surface area contributed by atoms with Gasteiger partial charge in [-0.1, -0.05) is 123 Å². The van der Waals surface area contributed by atoms with Crippen LogP contribution in [0.3, 0.4) is 0 Å². The number of benzene rings is 7. The van der Waals surface area contributed by atoms with E-state index in [1.807, 2.05) is 0 Å². The Morgan fingerprint density at radius 1 is 0.404 bits per heavy atom. The van der Waals surface area contributed by atoms with E-state index in [2.05, 4.69) is 181 Å². The van der Waals surface area contributed by atoms with E-state index in [0.29, 0.717) is 0 Å². The van der Waals surface area contributed by atoms with Gasteiger partial charge in [-0.2, -0.15) is 0 Å². The fraction of sp³-hybridized carbons (Fsp3) is 0.0667. The molecule has 1 aliphatic rings. The van der Waals surface area contributed by atoms with Crippen LogP contribution in [0, 0.1) is 0 Å². The molecule has 0 aliphatic heterocycles. The number of hydrogen-bond acceptors (Lipinski definition) is 0. The Kier molecular flexibility index (Phi) is 5.37. The average Bonchev–Trinajstić information content (AvgIpc) is 3.72. The molecule has 0 spiro atoms. The summed E-state index contributed by atoms with van der Waals surface area (Å²) in [6, 6.07) is 58.0. The van der Waals surface area contributed by atoms with Crippen molar-refractivity contribution in [1.82, 2.24) is 9.13 Å². The van der Waals surface area contributed by atoms with E-state index < -0.39 is 0 Å². The van der Waals surface area contributed by atoms with Gasteiger partial charge in [0.2, 0.25) is 0 Å². The van der Waals surface area contributed by atoms with Crippen molar-refractivity contribution >= 4 is 43.6 Å². The number of hydrogen-bond donors (Lipinski definition) is 0. The number of rotatable bonds is 3. The van der Waals surface area contributed by atoms with E-state index in [-0.39, 0.29) is 5.41 Å². The van der Waals surface area contributed by atoms with E-state index in [1.54, 1.807) is 0 Å². The molecular weight excluding hydrogens is 569 g/mol. The maximum atomic E-state index is 2.45. The van der Waals surface area contributed by atoms with E-state index in [0.717, 1.165) is 5.69 Å². The van der Waals surface area contributed by atoms with Crippen LogP contribution in [-0.4, -0.2) is 9.13 Å². The maximum Gasteiger partial charge on any atom is 0.0641 e. The molecule has 2 aromatic heterocycles. The van der Waals surface area contributed by atoms with Crippen molar-refractivity contribution in [3.05, 3.63) is 169 Å². The molecule has 0 atom stereocenters. The van der Waals surface area contributed by atoms with Crippen LogP contribution in [0.1, 0.15) is 25.0 Å². The summed E-state index contributed by atoms with van der Waals surface area (Å²) < 4.78 is 4.90. The highest BCUT2D eigenvalue weighted by Crippen LogP contribution is 2.49. The van der Waals surface area contributed by atoms with Crippen LogP contribution in [0.25, 0.3) is 77.2 Å². The quantitative estimate of drug-likeness (QED) is 0.191. The number of fused-ring (bicyclic) bond motifs is 10. The van der Waals surface area contributed by atoms with Gasteiger partial charge in [-0.25, -0.2) is 0 Å². The fourth-order valence-corrected chi connectivity index (χ4v) is 8.36. The van der Waals surface area contributed by atoms with Crippen LogP contribution in [0.5, 0.6) is 0 Å². The molecular formula is C45H32N2. The summed E-state index contributed by atoms with van der Waals surface area (Å²) in [5, 5.41) is 5.08. The predicted octanol–water partition coefficient (Wildman–Crippen LogP) is 11.9. The number of aromatic nitrogens is 2. The summed E-state index contributed by atoms with van der Waals surface area (Å²) in [5.41, 5.74) is 15.2. The molecule has 1 aliphatic carbocycles. The molecule has 10 rings (SSSR count). The minimum atomic E-state index is 0.00281. The molecule has 2 heteroatoms. The lowest BCUT2D eigenvalue weighted by Crippen LogP contribution is -2.14. The molecule has 0 saturated carbocycles. The molecule has 0 saturated heterocycles. The first-order valence-electron chi connectivity index (χ1n) is 16.5. The summed E-state index contributed by atoms with van der Waals surface area (Å²) in [5.74, 6) is 0. The first-order valence-corrected chi connectivity index (χ1v) is 16.5. The van der Waals surface area contributed by atoms with Crippen LogP contribution in [0.2, 0.25) is 0 Å². The molecule has 7 aromatic carbocycles. The fourth-order valence-electron chi connectivity index (χ4n) is 8.36. The Hall–Kier alpha value is -5.86. The highest BCUT2D eigenvalue weighted by Gasteiger charge is 2.35. The van der Waals surface area contributed by atoms with Crippen molar-refractivity contribution in [2.45, 2.75) is 19.3 Å². The van der Waals surface area contributed by atoms with Gasteiger partial charge in [0.1, 0.15) is 0 Å². The first-order chi connectivity index (χ1) is 23.1. The summed E-state index contributed by atoms with van der Waals surface area (Å²) in [4.78, 5) is 0. The van der Waals surface area contributed by atoms with Crippen molar-refractivity contribution in [3.63, 3.8) is 0 Å². The standard InChI is InChI=1S/C45H32N2/c1-45(2)38-20-9-6-17-33(38)37-28-30(23-25-39(37)45)29-13-12-16-32(27-29)46-41-22-11-8-19-36(41)43-42(46)26-24-35-34-18-7-10-21-40(34)47(44(35)43)31-14-4-3-5-15-31/h3-28H,1-2H3. The van der Waals surface area contributed by atoms with Crippen molar-refractivity contribution in [1.29, 1.82) is 0 Å². The Bertz CT molecular complexity index is 2700. The Morgan fingerprint density at radius 3 is 1.91 bits per heavy atom. The SMILES string of the molecule is CC1(C)c2ccccc2-c2cc(-c3cccc(-n4c5ccccc5c5c4ccc4c6ccccc6n(-c6ccccc6)c45)c3)ccc21. The second-order valence-electron chi connectivity index (χ2n) is 13.4. The molecule has 0 fully saturated rings. The van der Waals surface area contributed by atoms with E-state index in [1.165, 1.54) is 82.7 Å². The number of para-hydroxylation sites is 3. The van der Waals surface area contributed by atoms with Gasteiger partial charge >= 0.3 is 0 Å². The van der Waals surface area contributed by atoms with Crippen LogP contribution < -0.4 is 0 Å². The second kappa shape index (κ2) is 9.57. The molecule has 0 radical (unpaired) electrons. The summed E-state index contributed by atoms with van der Waals surface area (Å²) in [6.45, 7) is 4.68. The van der Waals surface area contributed by atoms with Gasteiger partial charge in [0.05, 0.1) is 22.1 Å². The van der Waals surface area contributed by atoms with Gasteiger partial charge in [-0.3, -0.25) is 0 Å². The minimum Gasteiger partial charge on any atom is -0.309 e. The molecule has 0 bridgehead atoms. The zero-order valence-corrected chi connectivity index (χ0v) is 26.4. The van der Waals surface area contributed by atoms with Gasteiger partial charge in [0.25, 0.3) is 0 Å². The Balaban J connectivity index is 1.23. The molecule has 222 valence electrons. The van der Waals surface area contributed by atoms with Crippen LogP contribution >= 0.6 is 0 Å². The van der Waals surface area contributed by atoms with Crippen LogP contribution in [0.15, 0.2) is 158 Å². The van der Waals surface area contributed by atoms with Crippen molar-refractivity contribution in [3.8, 4) is 33.6 Å². The molecule has 0 unspecified atom stereocenters. The maximum absolute atomic E-state index is 2.45. The largest absolute Gasteiger partial charge is 0.309 e. The lowest BCUT2D eigenvalue weighted by Gasteiger charge is -2.21. The highest BCUT2D eigenvalue weighted by molar-refractivity contribution is 6.26. The van der Waals surface area contributed by atoms with Crippen molar-refractivity contribution in [2.75, 3.05) is 0 Å². The highest BCUT2D eigenvalue weighted by atomic mass is 15.0. The summed E-state index contributed by atoms with van der Waals surface area (Å²) in [6.07, 6.45) is 0. The normalized spacial score (nSPS) is 13.5. The summed E-state index contributed by atoms with van der Waals surface area (Å²) in [7, 11) is 0. The molecule has 0 N–H and O–H groups in total. The summed E-state index contributed by atoms with van der Waals surface area (Å²) >= 11 is 0. The molecule has 2 nitrogen and oxygen atoms in total.